The van der Waals surface area contributed by atoms with Crippen molar-refractivity contribution in [3.63, 3.8) is 0 Å². The zero-order valence-electron chi connectivity index (χ0n) is 16.6. The summed E-state index contributed by atoms with van der Waals surface area (Å²) < 4.78 is 81.5. The fourth-order valence-electron chi connectivity index (χ4n) is 3.42. The van der Waals surface area contributed by atoms with Crippen LogP contribution in [0.3, 0.4) is 0 Å². The molecule has 3 aromatic carbocycles. The van der Waals surface area contributed by atoms with Crippen molar-refractivity contribution in [2.75, 3.05) is 6.26 Å². The molecule has 0 aliphatic carbocycles. The van der Waals surface area contributed by atoms with Crippen LogP contribution in [0.1, 0.15) is 5.69 Å². The summed E-state index contributed by atoms with van der Waals surface area (Å²) in [5, 5.41) is 3.82. The second-order valence-electron chi connectivity index (χ2n) is 7.09. The van der Waals surface area contributed by atoms with E-state index in [2.05, 4.69) is 5.10 Å². The van der Waals surface area contributed by atoms with Gasteiger partial charge in [0.2, 0.25) is 0 Å². The second-order valence-corrected chi connectivity index (χ2v) is 9.11. The molecule has 1 aromatic heterocycles. The molecule has 0 amide bonds. The lowest BCUT2D eigenvalue weighted by atomic mass is 9.98. The monoisotopic (exact) mass is 460 g/mol. The summed E-state index contributed by atoms with van der Waals surface area (Å²) in [7, 11) is -3.51. The lowest BCUT2D eigenvalue weighted by molar-refractivity contribution is -0.140. The summed E-state index contributed by atoms with van der Waals surface area (Å²) in [5.74, 6) is -0.834. The highest BCUT2D eigenvalue weighted by atomic mass is 32.2. The van der Waals surface area contributed by atoms with E-state index in [1.807, 2.05) is 0 Å². The third-order valence-corrected chi connectivity index (χ3v) is 5.98. The normalized spacial score (nSPS) is 12.2. The predicted molar refractivity (Wildman–Crippen MR) is 113 cm³/mol. The highest BCUT2D eigenvalue weighted by molar-refractivity contribution is 7.90. The van der Waals surface area contributed by atoms with Crippen LogP contribution in [0.4, 0.5) is 17.6 Å². The zero-order valence-corrected chi connectivity index (χ0v) is 17.5. The first-order chi connectivity index (χ1) is 15.1. The van der Waals surface area contributed by atoms with Crippen LogP contribution in [0.15, 0.2) is 83.8 Å². The Morgan fingerprint density at radius 1 is 0.844 bits per heavy atom. The molecule has 9 heteroatoms. The predicted octanol–water partition coefficient (Wildman–Crippen LogP) is 5.77. The van der Waals surface area contributed by atoms with Crippen molar-refractivity contribution in [1.29, 1.82) is 0 Å². The number of halogens is 4. The Hall–Kier alpha value is -3.46. The number of benzene rings is 3. The number of alkyl halides is 3. The maximum Gasteiger partial charge on any atom is 0.435 e. The van der Waals surface area contributed by atoms with Gasteiger partial charge in [-0.05, 0) is 30.3 Å². The summed E-state index contributed by atoms with van der Waals surface area (Å²) in [6, 6.07) is 18.7. The molecular formula is C23H16F4N2O2S. The van der Waals surface area contributed by atoms with Gasteiger partial charge < -0.3 is 0 Å². The Balaban J connectivity index is 2.10. The molecule has 1 heterocycles. The maximum atomic E-state index is 14.7. The van der Waals surface area contributed by atoms with E-state index in [9.17, 15) is 26.0 Å². The van der Waals surface area contributed by atoms with Crippen molar-refractivity contribution >= 4 is 9.84 Å². The van der Waals surface area contributed by atoms with Crippen LogP contribution in [0, 0.1) is 5.82 Å². The topological polar surface area (TPSA) is 52.0 Å². The molecule has 0 radical (unpaired) electrons. The minimum atomic E-state index is -4.86. The summed E-state index contributed by atoms with van der Waals surface area (Å²) >= 11 is 0. The van der Waals surface area contributed by atoms with Gasteiger partial charge >= 0.3 is 6.18 Å². The Morgan fingerprint density at radius 2 is 1.44 bits per heavy atom. The fraction of sp³-hybridized carbons (Fsp3) is 0.0870. The third kappa shape index (κ3) is 4.03. The van der Waals surface area contributed by atoms with E-state index >= 15 is 0 Å². The van der Waals surface area contributed by atoms with Crippen molar-refractivity contribution in [1.82, 2.24) is 9.78 Å². The van der Waals surface area contributed by atoms with Crippen molar-refractivity contribution in [2.45, 2.75) is 11.1 Å². The first-order valence-electron chi connectivity index (χ1n) is 9.38. The average molecular weight is 460 g/mol. The van der Waals surface area contributed by atoms with Crippen LogP contribution in [0.25, 0.3) is 28.1 Å². The lowest BCUT2D eigenvalue weighted by Crippen LogP contribution is -2.08. The smallest absolute Gasteiger partial charge is 0.232 e. The van der Waals surface area contributed by atoms with E-state index in [1.165, 1.54) is 42.5 Å². The molecule has 0 unspecified atom stereocenters. The molecule has 164 valence electrons. The summed E-state index contributed by atoms with van der Waals surface area (Å²) in [5.41, 5.74) is -1.34. The van der Waals surface area contributed by atoms with E-state index < -0.39 is 33.1 Å². The molecule has 32 heavy (non-hydrogen) atoms. The van der Waals surface area contributed by atoms with E-state index in [-0.39, 0.29) is 21.7 Å². The van der Waals surface area contributed by atoms with Gasteiger partial charge in [0, 0.05) is 22.9 Å². The van der Waals surface area contributed by atoms with E-state index in [4.69, 9.17) is 0 Å². The van der Waals surface area contributed by atoms with Crippen molar-refractivity contribution in [2.24, 2.45) is 0 Å². The molecule has 0 N–H and O–H groups in total. The first kappa shape index (κ1) is 21.8. The van der Waals surface area contributed by atoms with Crippen LogP contribution in [-0.4, -0.2) is 24.5 Å². The van der Waals surface area contributed by atoms with Crippen molar-refractivity contribution in [3.05, 3.63) is 90.4 Å². The van der Waals surface area contributed by atoms with Gasteiger partial charge in [-0.15, -0.1) is 0 Å². The number of rotatable bonds is 4. The molecule has 0 aliphatic rings. The quantitative estimate of drug-likeness (QED) is 0.364. The van der Waals surface area contributed by atoms with E-state index in [1.54, 1.807) is 30.3 Å². The number of hydrogen-bond donors (Lipinski definition) is 0. The molecule has 0 saturated heterocycles. The Morgan fingerprint density at radius 3 is 2.00 bits per heavy atom. The molecule has 0 aliphatic heterocycles. The van der Waals surface area contributed by atoms with E-state index in [0.717, 1.165) is 17.0 Å². The van der Waals surface area contributed by atoms with Gasteiger partial charge in [0.05, 0.1) is 16.3 Å². The molecule has 4 rings (SSSR count). The van der Waals surface area contributed by atoms with Gasteiger partial charge in [0.1, 0.15) is 5.82 Å². The Bertz CT molecular complexity index is 1380. The van der Waals surface area contributed by atoms with Gasteiger partial charge in [-0.25, -0.2) is 17.5 Å². The summed E-state index contributed by atoms with van der Waals surface area (Å²) in [4.78, 5) is 0.00973. The van der Waals surface area contributed by atoms with Crippen LogP contribution in [0.5, 0.6) is 0 Å². The highest BCUT2D eigenvalue weighted by Crippen LogP contribution is 2.44. The van der Waals surface area contributed by atoms with Gasteiger partial charge in [-0.2, -0.15) is 18.3 Å². The molecule has 0 saturated carbocycles. The zero-order chi connectivity index (χ0) is 23.1. The lowest BCUT2D eigenvalue weighted by Gasteiger charge is -2.12. The fourth-order valence-corrected chi connectivity index (χ4v) is 4.05. The number of sulfone groups is 1. The van der Waals surface area contributed by atoms with Crippen LogP contribution in [0.2, 0.25) is 0 Å². The molecule has 0 bridgehead atoms. The molecule has 0 atom stereocenters. The summed E-state index contributed by atoms with van der Waals surface area (Å²) in [6.07, 6.45) is -3.83. The molecule has 4 aromatic rings. The highest BCUT2D eigenvalue weighted by Gasteiger charge is 2.40. The SMILES string of the molecule is CS(=O)(=O)c1ccc(-c2c(-c3ccccc3F)c(C(F)(F)F)nn2-c2ccccc2)cc1. The minimum Gasteiger partial charge on any atom is -0.232 e. The minimum absolute atomic E-state index is 0.00586. The van der Waals surface area contributed by atoms with E-state index in [0.29, 0.717) is 5.69 Å². The van der Waals surface area contributed by atoms with Crippen LogP contribution >= 0.6 is 0 Å². The van der Waals surface area contributed by atoms with Crippen molar-refractivity contribution < 1.29 is 26.0 Å². The van der Waals surface area contributed by atoms with Gasteiger partial charge in [-0.3, -0.25) is 0 Å². The maximum absolute atomic E-state index is 14.7. The number of hydrogen-bond acceptors (Lipinski definition) is 3. The number of para-hydroxylation sites is 1. The second kappa shape index (κ2) is 7.90. The molecule has 0 fully saturated rings. The molecular weight excluding hydrogens is 444 g/mol. The van der Waals surface area contributed by atoms with Crippen molar-refractivity contribution in [3.8, 4) is 28.1 Å². The molecule has 0 spiro atoms. The Labute approximate surface area is 181 Å². The van der Waals surface area contributed by atoms with Gasteiger partial charge in [-0.1, -0.05) is 48.5 Å². The number of aromatic nitrogens is 2. The number of nitrogens with zero attached hydrogens (tertiary/aromatic N) is 2. The third-order valence-electron chi connectivity index (χ3n) is 4.85. The Kier molecular flexibility index (Phi) is 5.37. The van der Waals surface area contributed by atoms with Crippen LogP contribution < -0.4 is 0 Å². The standard InChI is InChI=1S/C23H16F4N2O2S/c1-32(30,31)17-13-11-15(12-14-17)21-20(18-9-5-6-10-19(18)24)22(23(25,26)27)28-29(21)16-7-3-2-4-8-16/h2-14H,1H3. The van der Waals surface area contributed by atoms with Gasteiger partial charge in [0.25, 0.3) is 0 Å². The average Bonchev–Trinajstić information content (AvgIpc) is 3.15. The largest absolute Gasteiger partial charge is 0.435 e. The van der Waals surface area contributed by atoms with Crippen LogP contribution in [-0.2, 0) is 16.0 Å². The molecule has 4 nitrogen and oxygen atoms in total. The first-order valence-corrected chi connectivity index (χ1v) is 11.3. The van der Waals surface area contributed by atoms with Gasteiger partial charge in [0.15, 0.2) is 15.5 Å². The summed E-state index contributed by atoms with van der Waals surface area (Å²) in [6.45, 7) is 0.